The van der Waals surface area contributed by atoms with Gasteiger partial charge in [-0.3, -0.25) is 9.59 Å². The minimum atomic E-state index is -0.373. The molecule has 276 valence electrons. The number of ether oxygens (including phenoxy) is 1. The highest BCUT2D eigenvalue weighted by Gasteiger charge is 2.69. The van der Waals surface area contributed by atoms with Gasteiger partial charge in [0.2, 0.25) is 0 Å². The van der Waals surface area contributed by atoms with Gasteiger partial charge < -0.3 is 14.9 Å². The minimum absolute atomic E-state index is 0.0776. The number of aliphatic hydroxyl groups excluding tert-OH is 2. The molecule has 0 aromatic rings. The van der Waals surface area contributed by atoms with Gasteiger partial charge in [-0.1, -0.05) is 27.2 Å². The molecule has 1 saturated heterocycles. The molecule has 0 bridgehead atoms. The third kappa shape index (κ3) is 4.94. The Balaban J connectivity index is 0.000000142. The van der Waals surface area contributed by atoms with Gasteiger partial charge in [-0.25, -0.2) is 0 Å². The molecule has 8 aliphatic carbocycles. The van der Waals surface area contributed by atoms with Gasteiger partial charge in [-0.2, -0.15) is 0 Å². The molecule has 9 fully saturated rings. The first-order valence-corrected chi connectivity index (χ1v) is 21.4. The molecular weight excluding hydrogens is 608 g/mol. The van der Waals surface area contributed by atoms with E-state index in [0.29, 0.717) is 52.1 Å². The zero-order chi connectivity index (χ0) is 34.7. The molecule has 5 heteroatoms. The summed E-state index contributed by atoms with van der Waals surface area (Å²) >= 11 is 0. The Hall–Kier alpha value is -0.940. The van der Waals surface area contributed by atoms with Crippen LogP contribution in [0, 0.1) is 86.8 Å². The van der Waals surface area contributed by atoms with Gasteiger partial charge in [0, 0.05) is 11.3 Å². The molecule has 0 amide bonds. The first-order valence-electron chi connectivity index (χ1n) is 21.4. The molecule has 5 nitrogen and oxygen atoms in total. The maximum absolute atomic E-state index is 12.9. The van der Waals surface area contributed by atoms with Crippen LogP contribution >= 0.6 is 0 Å². The standard InChI is InChI=1S/C22H36O3.C22H34O2/c1-13(23)18-6-7-20-17-5-4-15-12-16(25)8-10-21(15,3)19(17)9-11-22(18,20)14(2)24;1-13-8-10-21(3)15(12-13)4-5-16-18(21)9-11-22-17(6-7-19(16)22)14(2)24-20(22)23/h13,15-20,23,25H,4-12H2,1-3H3;13-19H,4-12H2,1-3H3/t13-,15+,16-,17-,18-,19+,20+,21+,22+;13-,14-,15+,16-,17-,18+,19+,21+,22+/m11/s1. The van der Waals surface area contributed by atoms with Crippen molar-refractivity contribution in [3.8, 4) is 0 Å². The average Bonchev–Trinajstić information content (AvgIpc) is 3.73. The highest BCUT2D eigenvalue weighted by molar-refractivity contribution is 5.84. The number of hydrogen-bond donors (Lipinski definition) is 2. The Labute approximate surface area is 297 Å². The molecule has 1 heterocycles. The van der Waals surface area contributed by atoms with Crippen LogP contribution in [0.25, 0.3) is 0 Å². The average molecular weight is 679 g/mol. The first kappa shape index (κ1) is 35.1. The Morgan fingerprint density at radius 3 is 1.98 bits per heavy atom. The lowest BCUT2D eigenvalue weighted by atomic mass is 9.44. The Kier molecular flexibility index (Phi) is 8.82. The number of cyclic esters (lactones) is 1. The van der Waals surface area contributed by atoms with Gasteiger partial charge in [0.05, 0.1) is 17.6 Å². The second kappa shape index (κ2) is 12.3. The van der Waals surface area contributed by atoms with E-state index in [9.17, 15) is 19.8 Å². The van der Waals surface area contributed by atoms with Crippen molar-refractivity contribution in [2.24, 2.45) is 86.8 Å². The van der Waals surface area contributed by atoms with E-state index in [1.165, 1.54) is 64.2 Å². The van der Waals surface area contributed by atoms with Gasteiger partial charge in [-0.15, -0.1) is 0 Å². The van der Waals surface area contributed by atoms with Crippen LogP contribution < -0.4 is 0 Å². The molecule has 0 aromatic carbocycles. The van der Waals surface area contributed by atoms with Crippen LogP contribution in [-0.4, -0.2) is 40.3 Å². The van der Waals surface area contributed by atoms with Crippen LogP contribution in [0.2, 0.25) is 0 Å². The fourth-order valence-corrected chi connectivity index (χ4v) is 16.9. The Bertz CT molecular complexity index is 1290. The van der Waals surface area contributed by atoms with E-state index in [2.05, 4.69) is 27.7 Å². The van der Waals surface area contributed by atoms with E-state index in [1.54, 1.807) is 6.92 Å². The molecule has 0 radical (unpaired) electrons. The molecule has 9 rings (SSSR count). The lowest BCUT2D eigenvalue weighted by Crippen LogP contribution is -2.56. The van der Waals surface area contributed by atoms with Gasteiger partial charge in [0.1, 0.15) is 11.9 Å². The van der Waals surface area contributed by atoms with E-state index in [4.69, 9.17) is 4.74 Å². The number of carbonyl (C=O) groups is 2. The predicted octanol–water partition coefficient (Wildman–Crippen LogP) is 9.16. The van der Waals surface area contributed by atoms with E-state index in [0.717, 1.165) is 75.0 Å². The van der Waals surface area contributed by atoms with Crippen LogP contribution in [0.4, 0.5) is 0 Å². The van der Waals surface area contributed by atoms with Crippen molar-refractivity contribution in [1.82, 2.24) is 0 Å². The summed E-state index contributed by atoms with van der Waals surface area (Å²) < 4.78 is 5.78. The zero-order valence-electron chi connectivity index (χ0n) is 31.9. The number of aliphatic hydroxyl groups is 2. The van der Waals surface area contributed by atoms with Crippen molar-refractivity contribution in [2.75, 3.05) is 0 Å². The molecule has 49 heavy (non-hydrogen) atoms. The second-order valence-electron chi connectivity index (χ2n) is 20.6. The maximum Gasteiger partial charge on any atom is 0.313 e. The van der Waals surface area contributed by atoms with E-state index in [-0.39, 0.29) is 41.0 Å². The topological polar surface area (TPSA) is 83.8 Å². The van der Waals surface area contributed by atoms with Crippen molar-refractivity contribution in [3.63, 3.8) is 0 Å². The third-order valence-corrected chi connectivity index (χ3v) is 19.2. The fraction of sp³-hybridized carbons (Fsp3) is 0.955. The summed E-state index contributed by atoms with van der Waals surface area (Å²) in [6, 6.07) is 0. The molecule has 1 spiro atoms. The summed E-state index contributed by atoms with van der Waals surface area (Å²) in [4.78, 5) is 25.7. The molecule has 2 N–H and O–H groups in total. The van der Waals surface area contributed by atoms with Crippen LogP contribution in [0.15, 0.2) is 0 Å². The number of esters is 1. The number of rotatable bonds is 2. The van der Waals surface area contributed by atoms with E-state index >= 15 is 0 Å². The molecule has 1 aliphatic heterocycles. The summed E-state index contributed by atoms with van der Waals surface area (Å²) in [6.45, 7) is 13.4. The van der Waals surface area contributed by atoms with Crippen LogP contribution in [0.5, 0.6) is 0 Å². The van der Waals surface area contributed by atoms with Crippen molar-refractivity contribution in [1.29, 1.82) is 0 Å². The summed E-state index contributed by atoms with van der Waals surface area (Å²) in [6.07, 6.45) is 21.6. The van der Waals surface area contributed by atoms with Crippen molar-refractivity contribution in [2.45, 2.75) is 175 Å². The largest absolute Gasteiger partial charge is 0.462 e. The number of carbonyl (C=O) groups excluding carboxylic acids is 2. The SMILES string of the molecule is CC(=O)[C@]12CC[C@H]3[C@@H](CC[C@H]4C[C@H](O)CC[C@@]43C)[C@@H]1CC[C@@H]2[C@@H](C)O.C[C@@H]1CC[C@@]2(C)[C@@H](CC[C@@H]3[C@@H]2CC[C@]24C(=O)O[C@H](C)[C@H]2CC[C@@H]34)C1. The summed E-state index contributed by atoms with van der Waals surface area (Å²) in [5.41, 5.74) is 0.579. The lowest BCUT2D eigenvalue weighted by Gasteiger charge is -2.61. The van der Waals surface area contributed by atoms with Gasteiger partial charge >= 0.3 is 5.97 Å². The van der Waals surface area contributed by atoms with Crippen molar-refractivity contribution >= 4 is 11.8 Å². The first-order chi connectivity index (χ1) is 23.3. The second-order valence-corrected chi connectivity index (χ2v) is 20.6. The Morgan fingerprint density at radius 2 is 1.31 bits per heavy atom. The molecule has 0 unspecified atom stereocenters. The van der Waals surface area contributed by atoms with Crippen LogP contribution in [0.3, 0.4) is 0 Å². The quantitative estimate of drug-likeness (QED) is 0.285. The number of ketones is 1. The number of hydrogen-bond acceptors (Lipinski definition) is 5. The molecular formula is C44H70O5. The summed E-state index contributed by atoms with van der Waals surface area (Å²) in [5.74, 6) is 7.90. The van der Waals surface area contributed by atoms with E-state index < -0.39 is 0 Å². The smallest absolute Gasteiger partial charge is 0.313 e. The number of fused-ring (bicyclic) bond motifs is 9. The van der Waals surface area contributed by atoms with Gasteiger partial charge in [0.15, 0.2) is 0 Å². The van der Waals surface area contributed by atoms with Crippen LogP contribution in [-0.2, 0) is 14.3 Å². The molecule has 0 aromatic heterocycles. The van der Waals surface area contributed by atoms with Gasteiger partial charge in [0.25, 0.3) is 0 Å². The van der Waals surface area contributed by atoms with E-state index in [1.807, 2.05) is 6.92 Å². The zero-order valence-corrected chi connectivity index (χ0v) is 31.9. The fourth-order valence-electron chi connectivity index (χ4n) is 16.9. The Morgan fingerprint density at radius 1 is 0.714 bits per heavy atom. The van der Waals surface area contributed by atoms with Crippen molar-refractivity contribution in [3.05, 3.63) is 0 Å². The minimum Gasteiger partial charge on any atom is -0.462 e. The van der Waals surface area contributed by atoms with Crippen molar-refractivity contribution < 1.29 is 24.5 Å². The molecule has 9 aliphatic rings. The molecule has 18 atom stereocenters. The maximum atomic E-state index is 12.9. The summed E-state index contributed by atoms with van der Waals surface area (Å²) in [7, 11) is 0. The predicted molar refractivity (Wildman–Crippen MR) is 192 cm³/mol. The monoisotopic (exact) mass is 679 g/mol. The lowest BCUT2D eigenvalue weighted by molar-refractivity contribution is -0.162. The highest BCUT2D eigenvalue weighted by atomic mass is 16.6. The normalized spacial score (nSPS) is 56.2. The van der Waals surface area contributed by atoms with Crippen LogP contribution in [0.1, 0.15) is 157 Å². The molecule has 8 saturated carbocycles. The summed E-state index contributed by atoms with van der Waals surface area (Å²) in [5, 5.41) is 20.5. The number of Topliss-reactive ketones (excluding diaryl/α,β-unsaturated/α-hetero) is 1. The third-order valence-electron chi connectivity index (χ3n) is 19.2. The highest BCUT2D eigenvalue weighted by Crippen LogP contribution is 2.71. The van der Waals surface area contributed by atoms with Gasteiger partial charge in [-0.05, 0) is 200 Å².